The molecule has 0 spiro atoms. The molecule has 4 heterocycles. The highest BCUT2D eigenvalue weighted by Crippen LogP contribution is 2.27. The lowest BCUT2D eigenvalue weighted by molar-refractivity contribution is -0.148. The molecular formula is C44H52N6O9. The maximum atomic E-state index is 14.2. The van der Waals surface area contributed by atoms with Crippen LogP contribution in [0.3, 0.4) is 0 Å². The quantitative estimate of drug-likeness (QED) is 0.290. The summed E-state index contributed by atoms with van der Waals surface area (Å²) in [7, 11) is 0. The number of imide groups is 1. The number of phenolic OH excluding ortho intramolecular Hbond substituents is 1. The first-order valence-electron chi connectivity index (χ1n) is 20.5. The Labute approximate surface area is 343 Å². The van der Waals surface area contributed by atoms with E-state index in [2.05, 4.69) is 10.2 Å². The third kappa shape index (κ3) is 9.61. The van der Waals surface area contributed by atoms with Gasteiger partial charge in [-0.1, -0.05) is 30.3 Å². The number of phenols is 1. The molecule has 0 radical (unpaired) electrons. The van der Waals surface area contributed by atoms with Crippen molar-refractivity contribution < 1.29 is 43.3 Å². The van der Waals surface area contributed by atoms with Crippen LogP contribution in [0.5, 0.6) is 5.75 Å². The second-order valence-electron chi connectivity index (χ2n) is 15.7. The molecule has 312 valence electrons. The summed E-state index contributed by atoms with van der Waals surface area (Å²) >= 11 is 0. The van der Waals surface area contributed by atoms with Crippen LogP contribution in [0.15, 0.2) is 60.7 Å². The van der Waals surface area contributed by atoms with Gasteiger partial charge in [-0.3, -0.25) is 19.3 Å². The fourth-order valence-electron chi connectivity index (χ4n) is 8.41. The molecule has 2 N–H and O–H groups in total. The van der Waals surface area contributed by atoms with Gasteiger partial charge in [-0.05, 0) is 98.5 Å². The highest BCUT2D eigenvalue weighted by molar-refractivity contribution is 5.98. The van der Waals surface area contributed by atoms with E-state index >= 15 is 0 Å². The van der Waals surface area contributed by atoms with Crippen LogP contribution in [0.25, 0.3) is 0 Å². The predicted octanol–water partition coefficient (Wildman–Crippen LogP) is 4.66. The molecule has 59 heavy (non-hydrogen) atoms. The van der Waals surface area contributed by atoms with Gasteiger partial charge in [0.05, 0.1) is 5.56 Å². The number of hydrogen-bond donors (Lipinski definition) is 2. The Hall–Kier alpha value is -6.12. The number of benzene rings is 3. The molecule has 0 aromatic heterocycles. The molecule has 0 saturated carbocycles. The highest BCUT2D eigenvalue weighted by atomic mass is 16.6. The van der Waals surface area contributed by atoms with Crippen molar-refractivity contribution in [1.82, 2.24) is 19.6 Å². The molecule has 15 heteroatoms. The van der Waals surface area contributed by atoms with Gasteiger partial charge in [-0.25, -0.2) is 14.4 Å². The number of esters is 1. The number of carbonyl (C=O) groups is 6. The molecule has 0 bridgehead atoms. The van der Waals surface area contributed by atoms with Crippen molar-refractivity contribution in [2.24, 2.45) is 0 Å². The number of nitrogens with one attached hydrogen (secondary N) is 1. The van der Waals surface area contributed by atoms with E-state index in [-0.39, 0.29) is 41.6 Å². The number of amides is 6. The van der Waals surface area contributed by atoms with Crippen molar-refractivity contribution in [3.05, 3.63) is 88.5 Å². The van der Waals surface area contributed by atoms with Gasteiger partial charge in [0.25, 0.3) is 11.8 Å². The van der Waals surface area contributed by atoms with E-state index in [1.54, 1.807) is 60.0 Å². The van der Waals surface area contributed by atoms with E-state index in [1.807, 2.05) is 29.2 Å². The Kier molecular flexibility index (Phi) is 12.7. The zero-order chi connectivity index (χ0) is 41.6. The van der Waals surface area contributed by atoms with E-state index in [0.29, 0.717) is 82.7 Å². The van der Waals surface area contributed by atoms with Gasteiger partial charge in [-0.15, -0.1) is 0 Å². The predicted molar refractivity (Wildman–Crippen MR) is 218 cm³/mol. The summed E-state index contributed by atoms with van der Waals surface area (Å²) < 4.78 is 11.3. The topological polar surface area (TPSA) is 169 Å². The Bertz CT molecular complexity index is 2050. The van der Waals surface area contributed by atoms with Crippen molar-refractivity contribution in [3.63, 3.8) is 0 Å². The normalized spacial score (nSPS) is 18.1. The van der Waals surface area contributed by atoms with E-state index in [9.17, 15) is 33.9 Å². The lowest BCUT2D eigenvalue weighted by atomic mass is 10.0. The number of piperidine rings is 2. The van der Waals surface area contributed by atoms with E-state index < -0.39 is 30.7 Å². The number of nitrogens with zero attached hydrogens (tertiary/aromatic N) is 5. The molecule has 3 aromatic carbocycles. The van der Waals surface area contributed by atoms with Gasteiger partial charge in [0.2, 0.25) is 5.91 Å². The minimum atomic E-state index is -1.10. The van der Waals surface area contributed by atoms with E-state index in [0.717, 1.165) is 46.7 Å². The number of likely N-dealkylation sites (tertiary alicyclic amines) is 2. The largest absolute Gasteiger partial charge is 0.507 e. The minimum absolute atomic E-state index is 0.0388. The lowest BCUT2D eigenvalue weighted by Crippen LogP contribution is -2.54. The molecule has 3 aromatic rings. The van der Waals surface area contributed by atoms with Crippen molar-refractivity contribution in [2.75, 3.05) is 69.2 Å². The third-order valence-corrected chi connectivity index (χ3v) is 11.8. The summed E-state index contributed by atoms with van der Waals surface area (Å²) in [5, 5.41) is 13.4. The smallest absolute Gasteiger partial charge is 0.410 e. The average molecular weight is 809 g/mol. The van der Waals surface area contributed by atoms with Crippen LogP contribution in [-0.4, -0.2) is 132 Å². The van der Waals surface area contributed by atoms with E-state index in [4.69, 9.17) is 9.47 Å². The van der Waals surface area contributed by atoms with E-state index in [1.165, 1.54) is 0 Å². The summed E-state index contributed by atoms with van der Waals surface area (Å²) in [5.41, 5.74) is 5.11. The number of para-hydroxylation sites is 1. The molecule has 1 atom stereocenters. The standard InChI is InChI=1S/C44H52N6O9/c1-29-25-31(26-30(2)40(29)53)27-37(59-44(57)48-18-15-35(16-19-48)49-20-14-32-7-3-4-8-36(32)45-43(49)56)41(54)47-23-21-46(22-24-47)34-12-10-33(11-13-34)42(55)58-28-39(52)50-17-6-5-9-38(50)51/h3-4,7-8,10-13,25-26,35,37,53H,5-6,9,14-24,27-28H2,1-2H3,(H,45,56)/t37-/m1/s1. The van der Waals surface area contributed by atoms with Crippen LogP contribution >= 0.6 is 0 Å². The summed E-state index contributed by atoms with van der Waals surface area (Å²) in [6, 6.07) is 18.0. The number of hydrogen-bond acceptors (Lipinski definition) is 10. The average Bonchev–Trinajstić information content (AvgIpc) is 3.42. The SMILES string of the molecule is Cc1cc(C[C@@H](OC(=O)N2CCC(N3CCc4ccccc4NC3=O)CC2)C(=O)N2CCN(c3ccc(C(=O)OCC(=O)N4CCCCC4=O)cc3)CC2)cc(C)c1O. The Morgan fingerprint density at radius 2 is 1.51 bits per heavy atom. The van der Waals surface area contributed by atoms with Crippen molar-refractivity contribution in [3.8, 4) is 5.75 Å². The number of ether oxygens (including phenoxy) is 2. The number of aryl methyl sites for hydroxylation is 2. The first-order valence-corrected chi connectivity index (χ1v) is 20.5. The molecule has 15 nitrogen and oxygen atoms in total. The summed E-state index contributed by atoms with van der Waals surface area (Å²) in [6.07, 6.45) is 2.16. The Morgan fingerprint density at radius 1 is 0.814 bits per heavy atom. The number of carbonyl (C=O) groups excluding carboxylic acids is 6. The van der Waals surface area contributed by atoms with Crippen LogP contribution in [0.2, 0.25) is 0 Å². The fourth-order valence-corrected chi connectivity index (χ4v) is 8.41. The second-order valence-corrected chi connectivity index (χ2v) is 15.7. The van der Waals surface area contributed by atoms with Crippen molar-refractivity contribution in [2.45, 2.75) is 70.9 Å². The summed E-state index contributed by atoms with van der Waals surface area (Å²) in [6.45, 7) is 6.49. The number of rotatable bonds is 9. The molecule has 0 unspecified atom stereocenters. The maximum Gasteiger partial charge on any atom is 0.410 e. The zero-order valence-electron chi connectivity index (χ0n) is 33.7. The number of anilines is 2. The molecule has 3 fully saturated rings. The molecule has 0 aliphatic carbocycles. The maximum absolute atomic E-state index is 14.2. The van der Waals surface area contributed by atoms with Gasteiger partial charge >= 0.3 is 18.1 Å². The highest BCUT2D eigenvalue weighted by Gasteiger charge is 2.36. The number of piperazine rings is 1. The van der Waals surface area contributed by atoms with Crippen LogP contribution in [-0.2, 0) is 36.7 Å². The van der Waals surface area contributed by atoms with Crippen molar-refractivity contribution >= 4 is 47.2 Å². The summed E-state index contributed by atoms with van der Waals surface area (Å²) in [4.78, 5) is 86.6. The second kappa shape index (κ2) is 18.2. The number of fused-ring (bicyclic) bond motifs is 1. The minimum Gasteiger partial charge on any atom is -0.507 e. The first kappa shape index (κ1) is 41.1. The van der Waals surface area contributed by atoms with Crippen LogP contribution < -0.4 is 10.2 Å². The van der Waals surface area contributed by atoms with Crippen LogP contribution in [0.4, 0.5) is 21.0 Å². The van der Waals surface area contributed by atoms with Gasteiger partial charge in [0.1, 0.15) is 5.75 Å². The Morgan fingerprint density at radius 3 is 2.20 bits per heavy atom. The molecule has 6 amide bonds. The van der Waals surface area contributed by atoms with Crippen LogP contribution in [0, 0.1) is 13.8 Å². The van der Waals surface area contributed by atoms with Gasteiger partial charge in [0.15, 0.2) is 12.7 Å². The van der Waals surface area contributed by atoms with Gasteiger partial charge in [-0.2, -0.15) is 0 Å². The third-order valence-electron chi connectivity index (χ3n) is 11.8. The fraction of sp³-hybridized carbons (Fsp3) is 0.455. The van der Waals surface area contributed by atoms with Crippen molar-refractivity contribution in [1.29, 1.82) is 0 Å². The molecule has 4 aliphatic heterocycles. The number of aromatic hydroxyl groups is 1. The van der Waals surface area contributed by atoms with Gasteiger partial charge < -0.3 is 39.5 Å². The first-order chi connectivity index (χ1) is 28.4. The lowest BCUT2D eigenvalue weighted by Gasteiger charge is -2.39. The molecule has 4 aliphatic rings. The summed E-state index contributed by atoms with van der Waals surface area (Å²) in [5.74, 6) is -1.56. The molecular weight excluding hydrogens is 757 g/mol. The molecule has 3 saturated heterocycles. The molecule has 7 rings (SSSR count). The van der Waals surface area contributed by atoms with Crippen LogP contribution in [0.1, 0.15) is 64.7 Å². The number of urea groups is 1. The monoisotopic (exact) mass is 808 g/mol. The Balaban J connectivity index is 0.941. The van der Waals surface area contributed by atoms with Gasteiger partial charge in [0, 0.05) is 82.6 Å². The zero-order valence-corrected chi connectivity index (χ0v) is 33.7.